The van der Waals surface area contributed by atoms with Crippen molar-refractivity contribution >= 4 is 5.91 Å². The fourth-order valence-corrected chi connectivity index (χ4v) is 2.27. The maximum absolute atomic E-state index is 11.5. The van der Waals surface area contributed by atoms with Crippen molar-refractivity contribution in [3.8, 4) is 0 Å². The van der Waals surface area contributed by atoms with Gasteiger partial charge in [0.05, 0.1) is 6.61 Å². The van der Waals surface area contributed by atoms with E-state index in [-0.39, 0.29) is 17.9 Å². The van der Waals surface area contributed by atoms with Crippen molar-refractivity contribution in [2.24, 2.45) is 5.41 Å². The van der Waals surface area contributed by atoms with Gasteiger partial charge in [-0.25, -0.2) is 0 Å². The van der Waals surface area contributed by atoms with Crippen LogP contribution in [-0.2, 0) is 4.79 Å². The minimum Gasteiger partial charge on any atom is -0.396 e. The molecule has 0 aromatic heterocycles. The second-order valence-electron chi connectivity index (χ2n) is 4.75. The molecule has 0 bridgehead atoms. The molecule has 1 rings (SSSR count). The molecule has 0 radical (unpaired) electrons. The van der Waals surface area contributed by atoms with Gasteiger partial charge in [-0.05, 0) is 19.4 Å². The molecule has 1 aliphatic carbocycles. The van der Waals surface area contributed by atoms with E-state index in [0.29, 0.717) is 13.0 Å². The maximum Gasteiger partial charge on any atom is 0.221 e. The van der Waals surface area contributed by atoms with E-state index in [1.165, 1.54) is 12.8 Å². The van der Waals surface area contributed by atoms with Gasteiger partial charge in [-0.2, -0.15) is 0 Å². The van der Waals surface area contributed by atoms with Gasteiger partial charge in [-0.3, -0.25) is 4.79 Å². The number of carbonyl (C=O) groups excluding carboxylic acids is 1. The lowest BCUT2D eigenvalue weighted by Gasteiger charge is -2.26. The number of aliphatic hydroxyl groups excluding tert-OH is 1. The van der Waals surface area contributed by atoms with E-state index in [4.69, 9.17) is 0 Å². The molecule has 0 aliphatic heterocycles. The summed E-state index contributed by atoms with van der Waals surface area (Å²) >= 11 is 0. The molecule has 4 heteroatoms. The lowest BCUT2D eigenvalue weighted by Crippen LogP contribution is -2.39. The summed E-state index contributed by atoms with van der Waals surface area (Å²) in [5, 5.41) is 15.4. The summed E-state index contributed by atoms with van der Waals surface area (Å²) in [6.07, 6.45) is 4.95. The Kier molecular flexibility index (Phi) is 5.77. The lowest BCUT2D eigenvalue weighted by molar-refractivity contribution is -0.121. The average Bonchev–Trinajstić information content (AvgIpc) is 2.76. The van der Waals surface area contributed by atoms with Gasteiger partial charge < -0.3 is 15.7 Å². The number of nitrogens with one attached hydrogen (secondary N) is 2. The van der Waals surface area contributed by atoms with E-state index in [0.717, 1.165) is 25.9 Å². The predicted octanol–water partition coefficient (Wildman–Crippen LogP) is 0.655. The molecule has 1 saturated carbocycles. The Bertz CT molecular complexity index is 213. The fourth-order valence-electron chi connectivity index (χ4n) is 2.27. The van der Waals surface area contributed by atoms with Crippen molar-refractivity contribution in [3.63, 3.8) is 0 Å². The standard InChI is InChI=1S/C12H24N2O2/c1-2-13-8-5-11(16)14-9-12(10-15)6-3-4-7-12/h13,15H,2-10H2,1H3,(H,14,16). The first-order chi connectivity index (χ1) is 7.72. The van der Waals surface area contributed by atoms with E-state index in [1.54, 1.807) is 0 Å². The summed E-state index contributed by atoms with van der Waals surface area (Å²) in [5.41, 5.74) is -0.0339. The number of aliphatic hydroxyl groups is 1. The van der Waals surface area contributed by atoms with E-state index in [2.05, 4.69) is 10.6 Å². The highest BCUT2D eigenvalue weighted by Gasteiger charge is 2.33. The maximum atomic E-state index is 11.5. The second-order valence-corrected chi connectivity index (χ2v) is 4.75. The summed E-state index contributed by atoms with van der Waals surface area (Å²) in [5.74, 6) is 0.0840. The highest BCUT2D eigenvalue weighted by atomic mass is 16.3. The minimum atomic E-state index is -0.0339. The van der Waals surface area contributed by atoms with Crippen molar-refractivity contribution in [1.29, 1.82) is 0 Å². The van der Waals surface area contributed by atoms with Gasteiger partial charge in [0.15, 0.2) is 0 Å². The van der Waals surface area contributed by atoms with Crippen LogP contribution in [0, 0.1) is 5.41 Å². The lowest BCUT2D eigenvalue weighted by atomic mass is 9.87. The fraction of sp³-hybridized carbons (Fsp3) is 0.917. The zero-order valence-corrected chi connectivity index (χ0v) is 10.2. The van der Waals surface area contributed by atoms with Crippen molar-refractivity contribution in [3.05, 3.63) is 0 Å². The van der Waals surface area contributed by atoms with Gasteiger partial charge in [0.1, 0.15) is 0 Å². The number of amides is 1. The Morgan fingerprint density at radius 1 is 1.38 bits per heavy atom. The normalized spacial score (nSPS) is 18.6. The third kappa shape index (κ3) is 4.10. The van der Waals surface area contributed by atoms with Gasteiger partial charge in [0.2, 0.25) is 5.91 Å². The number of rotatable bonds is 7. The molecule has 0 unspecified atom stereocenters. The molecule has 0 spiro atoms. The largest absolute Gasteiger partial charge is 0.396 e. The molecule has 0 aromatic rings. The van der Waals surface area contributed by atoms with E-state index in [9.17, 15) is 9.90 Å². The Morgan fingerprint density at radius 3 is 2.62 bits per heavy atom. The smallest absolute Gasteiger partial charge is 0.221 e. The number of carbonyl (C=O) groups is 1. The van der Waals surface area contributed by atoms with Crippen molar-refractivity contribution in [2.45, 2.75) is 39.0 Å². The molecular weight excluding hydrogens is 204 g/mol. The van der Waals surface area contributed by atoms with Gasteiger partial charge >= 0.3 is 0 Å². The summed E-state index contributed by atoms with van der Waals surface area (Å²) < 4.78 is 0. The van der Waals surface area contributed by atoms with Crippen LogP contribution in [0.3, 0.4) is 0 Å². The first-order valence-corrected chi connectivity index (χ1v) is 6.31. The molecule has 94 valence electrons. The molecule has 16 heavy (non-hydrogen) atoms. The van der Waals surface area contributed by atoms with Gasteiger partial charge in [0.25, 0.3) is 0 Å². The van der Waals surface area contributed by atoms with Crippen LogP contribution in [0.4, 0.5) is 0 Å². The Hall–Kier alpha value is -0.610. The molecule has 1 aliphatic rings. The Morgan fingerprint density at radius 2 is 2.06 bits per heavy atom. The topological polar surface area (TPSA) is 61.4 Å². The Balaban J connectivity index is 2.19. The number of hydrogen-bond donors (Lipinski definition) is 3. The second kappa shape index (κ2) is 6.86. The van der Waals surface area contributed by atoms with Crippen LogP contribution in [0.2, 0.25) is 0 Å². The minimum absolute atomic E-state index is 0.0339. The van der Waals surface area contributed by atoms with Crippen LogP contribution in [-0.4, -0.2) is 37.3 Å². The summed E-state index contributed by atoms with van der Waals surface area (Å²) in [6, 6.07) is 0. The zero-order chi connectivity index (χ0) is 11.9. The van der Waals surface area contributed by atoms with Crippen molar-refractivity contribution in [2.75, 3.05) is 26.2 Å². The highest BCUT2D eigenvalue weighted by molar-refractivity contribution is 5.76. The molecule has 1 fully saturated rings. The first kappa shape index (κ1) is 13.5. The zero-order valence-electron chi connectivity index (χ0n) is 10.2. The van der Waals surface area contributed by atoms with Crippen LogP contribution in [0.5, 0.6) is 0 Å². The monoisotopic (exact) mass is 228 g/mol. The molecule has 4 nitrogen and oxygen atoms in total. The van der Waals surface area contributed by atoms with Crippen LogP contribution in [0.15, 0.2) is 0 Å². The molecule has 3 N–H and O–H groups in total. The summed E-state index contributed by atoms with van der Waals surface area (Å²) in [7, 11) is 0. The summed E-state index contributed by atoms with van der Waals surface area (Å²) in [4.78, 5) is 11.5. The van der Waals surface area contributed by atoms with Gasteiger partial charge in [0, 0.05) is 24.9 Å². The quantitative estimate of drug-likeness (QED) is 0.561. The Labute approximate surface area is 97.8 Å². The van der Waals surface area contributed by atoms with E-state index >= 15 is 0 Å². The van der Waals surface area contributed by atoms with E-state index in [1.807, 2.05) is 6.92 Å². The third-order valence-electron chi connectivity index (χ3n) is 3.44. The molecule has 0 saturated heterocycles. The van der Waals surface area contributed by atoms with Gasteiger partial charge in [-0.1, -0.05) is 19.8 Å². The predicted molar refractivity (Wildman–Crippen MR) is 64.2 cm³/mol. The molecule has 1 amide bonds. The molecule has 0 aromatic carbocycles. The average molecular weight is 228 g/mol. The van der Waals surface area contributed by atoms with Gasteiger partial charge in [-0.15, -0.1) is 0 Å². The van der Waals surface area contributed by atoms with Crippen LogP contribution in [0.1, 0.15) is 39.0 Å². The van der Waals surface area contributed by atoms with E-state index < -0.39 is 0 Å². The summed E-state index contributed by atoms with van der Waals surface area (Å²) in [6.45, 7) is 4.48. The van der Waals surface area contributed by atoms with Crippen molar-refractivity contribution in [1.82, 2.24) is 10.6 Å². The third-order valence-corrected chi connectivity index (χ3v) is 3.44. The number of hydrogen-bond acceptors (Lipinski definition) is 3. The molecular formula is C12H24N2O2. The van der Waals surface area contributed by atoms with Crippen LogP contribution in [0.25, 0.3) is 0 Å². The molecule has 0 atom stereocenters. The first-order valence-electron chi connectivity index (χ1n) is 6.31. The molecule has 0 heterocycles. The van der Waals surface area contributed by atoms with Crippen LogP contribution >= 0.6 is 0 Å². The highest BCUT2D eigenvalue weighted by Crippen LogP contribution is 2.36. The van der Waals surface area contributed by atoms with Crippen molar-refractivity contribution < 1.29 is 9.90 Å². The SMILES string of the molecule is CCNCCC(=O)NCC1(CO)CCCC1. The van der Waals surface area contributed by atoms with Crippen LogP contribution < -0.4 is 10.6 Å².